The van der Waals surface area contributed by atoms with Crippen LogP contribution in [0.1, 0.15) is 4.88 Å². The van der Waals surface area contributed by atoms with Crippen molar-refractivity contribution in [1.82, 2.24) is 4.57 Å². The lowest BCUT2D eigenvalue weighted by Crippen LogP contribution is -2.07. The molecule has 10 heteroatoms. The Morgan fingerprint density at radius 2 is 2.14 bits per heavy atom. The van der Waals surface area contributed by atoms with Gasteiger partial charge in [-0.1, -0.05) is 0 Å². The zero-order valence-corrected chi connectivity index (χ0v) is 16.7. The number of thiazole rings is 1. The standard InChI is InChI=1S/C18H16N4O4S2/c1-24-8-7-22-17(23)14(28-18(22)27)9-15-21-13(10-19)16(26-15)20-11-3-5-12(25-2)6-4-11/h3-6,9,23H,7-8H2,1-2H3/b15-9+,20-16?. The number of hydrogen-bond donors (Lipinski definition) is 1. The van der Waals surface area contributed by atoms with Crippen molar-refractivity contribution in [1.29, 1.82) is 5.26 Å². The van der Waals surface area contributed by atoms with Crippen LogP contribution in [0.15, 0.2) is 40.1 Å². The maximum absolute atomic E-state index is 10.4. The Morgan fingerprint density at radius 3 is 2.79 bits per heavy atom. The van der Waals surface area contributed by atoms with Crippen molar-refractivity contribution < 1.29 is 19.3 Å². The Hall–Kier alpha value is -3.00. The fourth-order valence-electron chi connectivity index (χ4n) is 2.31. The summed E-state index contributed by atoms with van der Waals surface area (Å²) in [5, 5.41) is 19.7. The number of ether oxygens (including phenoxy) is 3. The highest BCUT2D eigenvalue weighted by Crippen LogP contribution is 2.30. The second-order valence-electron chi connectivity index (χ2n) is 5.47. The molecule has 0 saturated heterocycles. The maximum atomic E-state index is 10.4. The predicted molar refractivity (Wildman–Crippen MR) is 109 cm³/mol. The van der Waals surface area contributed by atoms with Crippen molar-refractivity contribution in [2.75, 3.05) is 20.8 Å². The van der Waals surface area contributed by atoms with E-state index < -0.39 is 0 Å². The second-order valence-corrected chi connectivity index (χ2v) is 7.15. The third kappa shape index (κ3) is 4.28. The Bertz CT molecular complexity index is 1060. The molecule has 0 bridgehead atoms. The van der Waals surface area contributed by atoms with Crippen LogP contribution in [-0.4, -0.2) is 42.1 Å². The van der Waals surface area contributed by atoms with Crippen LogP contribution in [0.25, 0.3) is 6.08 Å². The van der Waals surface area contributed by atoms with Crippen molar-refractivity contribution in [2.24, 2.45) is 9.98 Å². The Labute approximate surface area is 170 Å². The topological polar surface area (TPSA) is 101 Å². The van der Waals surface area contributed by atoms with Gasteiger partial charge in [0.2, 0.25) is 17.5 Å². The van der Waals surface area contributed by atoms with Gasteiger partial charge in [-0.3, -0.25) is 4.57 Å². The lowest BCUT2D eigenvalue weighted by Gasteiger charge is -2.03. The summed E-state index contributed by atoms with van der Waals surface area (Å²) >= 11 is 6.47. The number of rotatable bonds is 6. The zero-order valence-electron chi connectivity index (χ0n) is 15.1. The molecule has 8 nitrogen and oxygen atoms in total. The molecule has 1 N–H and O–H groups in total. The molecule has 0 atom stereocenters. The third-order valence-electron chi connectivity index (χ3n) is 3.70. The molecule has 0 radical (unpaired) electrons. The minimum Gasteiger partial charge on any atom is -0.497 e. The van der Waals surface area contributed by atoms with Gasteiger partial charge in [-0.2, -0.15) is 10.3 Å². The minimum atomic E-state index is -0.00241. The van der Waals surface area contributed by atoms with Crippen LogP contribution in [0.2, 0.25) is 0 Å². The van der Waals surface area contributed by atoms with E-state index in [9.17, 15) is 10.4 Å². The molecule has 0 unspecified atom stereocenters. The first-order valence-electron chi connectivity index (χ1n) is 8.08. The van der Waals surface area contributed by atoms with Gasteiger partial charge in [0.1, 0.15) is 11.8 Å². The van der Waals surface area contributed by atoms with Gasteiger partial charge < -0.3 is 19.3 Å². The number of aromatic nitrogens is 1. The van der Waals surface area contributed by atoms with Gasteiger partial charge >= 0.3 is 0 Å². The molecule has 0 saturated carbocycles. The van der Waals surface area contributed by atoms with Gasteiger partial charge in [-0.25, -0.2) is 4.99 Å². The van der Waals surface area contributed by atoms with Crippen LogP contribution in [0.3, 0.4) is 0 Å². The SMILES string of the molecule is COCCn1c(O)c(/C=C2\N=C(C#N)C(=Nc3ccc(OC)cc3)O2)sc1=S. The third-order valence-corrected chi connectivity index (χ3v) is 5.09. The fourth-order valence-corrected chi connectivity index (χ4v) is 3.60. The van der Waals surface area contributed by atoms with Crippen molar-refractivity contribution in [3.05, 3.63) is 39.0 Å². The molecule has 0 fully saturated rings. The largest absolute Gasteiger partial charge is 0.497 e. The molecular formula is C18H16N4O4S2. The number of benzene rings is 1. The van der Waals surface area contributed by atoms with E-state index in [1.54, 1.807) is 43.1 Å². The van der Waals surface area contributed by atoms with E-state index in [1.165, 1.54) is 17.4 Å². The van der Waals surface area contributed by atoms with Gasteiger partial charge in [0.05, 0.1) is 30.8 Å². The zero-order chi connectivity index (χ0) is 20.1. The molecule has 1 aromatic heterocycles. The monoisotopic (exact) mass is 416 g/mol. The number of hydrogen-bond acceptors (Lipinski definition) is 9. The van der Waals surface area contributed by atoms with Gasteiger partial charge in [0.25, 0.3) is 5.90 Å². The van der Waals surface area contributed by atoms with Crippen LogP contribution in [0.5, 0.6) is 11.6 Å². The Balaban J connectivity index is 1.87. The summed E-state index contributed by atoms with van der Waals surface area (Å²) < 4.78 is 17.8. The summed E-state index contributed by atoms with van der Waals surface area (Å²) in [6.45, 7) is 0.846. The number of methoxy groups -OCH3 is 2. The molecule has 1 aliphatic rings. The van der Waals surface area contributed by atoms with Gasteiger partial charge in [0, 0.05) is 13.2 Å². The average Bonchev–Trinajstić information content (AvgIpc) is 3.21. The Morgan fingerprint density at radius 1 is 1.39 bits per heavy atom. The van der Waals surface area contributed by atoms with Crippen molar-refractivity contribution in [2.45, 2.75) is 6.54 Å². The molecule has 28 heavy (non-hydrogen) atoms. The fraction of sp³-hybridized carbons (Fsp3) is 0.222. The number of aromatic hydroxyl groups is 1. The van der Waals surface area contributed by atoms with E-state index in [0.717, 1.165) is 0 Å². The first kappa shape index (κ1) is 19.8. The van der Waals surface area contributed by atoms with E-state index in [4.69, 9.17) is 26.4 Å². The van der Waals surface area contributed by atoms with Gasteiger partial charge in [-0.05, 0) is 36.5 Å². The normalized spacial score (nSPS) is 16.1. The lowest BCUT2D eigenvalue weighted by molar-refractivity contribution is 0.183. The van der Waals surface area contributed by atoms with E-state index in [-0.39, 0.29) is 23.4 Å². The Kier molecular flexibility index (Phi) is 6.20. The molecule has 0 aliphatic carbocycles. The van der Waals surface area contributed by atoms with Gasteiger partial charge in [0.15, 0.2) is 3.95 Å². The van der Waals surface area contributed by atoms with Crippen molar-refractivity contribution in [3.8, 4) is 17.7 Å². The molecule has 144 valence electrons. The summed E-state index contributed by atoms with van der Waals surface area (Å²) in [7, 11) is 3.15. The van der Waals surface area contributed by atoms with Gasteiger partial charge in [-0.15, -0.1) is 11.3 Å². The van der Waals surface area contributed by atoms with Crippen LogP contribution < -0.4 is 4.74 Å². The summed E-state index contributed by atoms with van der Waals surface area (Å²) in [6.07, 6.45) is 1.52. The average molecular weight is 416 g/mol. The molecule has 2 aromatic rings. The van der Waals surface area contributed by atoms with Crippen molar-refractivity contribution >= 4 is 46.9 Å². The summed E-state index contributed by atoms with van der Waals surface area (Å²) in [6, 6.07) is 8.93. The molecule has 2 heterocycles. The quantitative estimate of drug-likeness (QED) is 0.721. The summed E-state index contributed by atoms with van der Waals surface area (Å²) in [5.41, 5.74) is 0.633. The molecule has 0 amide bonds. The van der Waals surface area contributed by atoms with E-state index in [2.05, 4.69) is 9.98 Å². The first-order valence-corrected chi connectivity index (χ1v) is 9.31. The van der Waals surface area contributed by atoms with Crippen LogP contribution in [0, 0.1) is 15.3 Å². The second kappa shape index (κ2) is 8.79. The van der Waals surface area contributed by atoms with Crippen molar-refractivity contribution in [3.63, 3.8) is 0 Å². The summed E-state index contributed by atoms with van der Waals surface area (Å²) in [5.74, 6) is 0.924. The molecule has 3 rings (SSSR count). The molecule has 0 spiro atoms. The maximum Gasteiger partial charge on any atom is 0.258 e. The van der Waals surface area contributed by atoms with E-state index in [0.29, 0.717) is 33.4 Å². The molecule has 1 aromatic carbocycles. The van der Waals surface area contributed by atoms with Crippen LogP contribution in [-0.2, 0) is 16.0 Å². The predicted octanol–water partition coefficient (Wildman–Crippen LogP) is 3.66. The van der Waals surface area contributed by atoms with Crippen LogP contribution >= 0.6 is 23.6 Å². The number of aliphatic imine (C=N–C) groups is 2. The smallest absolute Gasteiger partial charge is 0.258 e. The highest BCUT2D eigenvalue weighted by atomic mass is 32.1. The summed E-state index contributed by atoms with van der Waals surface area (Å²) in [4.78, 5) is 8.90. The molecule has 1 aliphatic heterocycles. The van der Waals surface area contributed by atoms with E-state index in [1.807, 2.05) is 6.07 Å². The minimum absolute atomic E-state index is 0.00241. The highest BCUT2D eigenvalue weighted by molar-refractivity contribution is 7.73. The first-order chi connectivity index (χ1) is 13.5. The highest BCUT2D eigenvalue weighted by Gasteiger charge is 2.23. The van der Waals surface area contributed by atoms with E-state index >= 15 is 0 Å². The molecular weight excluding hydrogens is 400 g/mol. The van der Waals surface area contributed by atoms with Crippen LogP contribution in [0.4, 0.5) is 5.69 Å². The lowest BCUT2D eigenvalue weighted by atomic mass is 10.3. The number of nitriles is 1. The number of nitrogens with zero attached hydrogens (tertiary/aromatic N) is 4.